The summed E-state index contributed by atoms with van der Waals surface area (Å²) in [6.45, 7) is 11.3. The Morgan fingerprint density at radius 1 is 1.04 bits per heavy atom. The van der Waals surface area contributed by atoms with Crippen molar-refractivity contribution in [2.45, 2.75) is 82.9 Å². The van der Waals surface area contributed by atoms with Crippen LogP contribution in [0.2, 0.25) is 18.1 Å². The summed E-state index contributed by atoms with van der Waals surface area (Å²) in [5, 5.41) is 9.40. The molecule has 0 spiro atoms. The molecular weight excluding hydrogens is 372 g/mol. The second-order valence-electron chi connectivity index (χ2n) is 8.83. The molecule has 0 fully saturated rings. The Hall–Kier alpha value is -1.21. The van der Waals surface area contributed by atoms with Gasteiger partial charge in [-0.3, -0.25) is 0 Å². The first-order valence-electron chi connectivity index (χ1n) is 10.0. The zero-order chi connectivity index (χ0) is 21.4. The van der Waals surface area contributed by atoms with E-state index in [1.807, 2.05) is 18.2 Å². The Kier molecular flexibility index (Phi) is 9.84. The van der Waals surface area contributed by atoms with Crippen LogP contribution in [-0.2, 0) is 18.7 Å². The van der Waals surface area contributed by atoms with Crippen LogP contribution < -0.4 is 0 Å². The Labute approximate surface area is 171 Å². The lowest BCUT2D eigenvalue weighted by Gasteiger charge is -2.39. The zero-order valence-electron chi connectivity index (χ0n) is 18.5. The highest BCUT2D eigenvalue weighted by molar-refractivity contribution is 6.74. The van der Waals surface area contributed by atoms with Crippen LogP contribution in [0.15, 0.2) is 30.3 Å². The van der Waals surface area contributed by atoms with Gasteiger partial charge in [0.15, 0.2) is 14.4 Å². The maximum absolute atomic E-state index is 11.3. The fraction of sp³-hybridized carbons (Fsp3) is 0.682. The first-order chi connectivity index (χ1) is 13.0. The van der Waals surface area contributed by atoms with E-state index in [2.05, 4.69) is 46.0 Å². The maximum Gasteiger partial charge on any atom is 0.335 e. The normalized spacial score (nSPS) is 15.8. The van der Waals surface area contributed by atoms with Gasteiger partial charge in [-0.2, -0.15) is 0 Å². The number of benzene rings is 1. The fourth-order valence-corrected chi connectivity index (χ4v) is 4.29. The quantitative estimate of drug-likeness (QED) is 0.368. The number of unbranched alkanes of at least 4 members (excludes halogenated alkanes) is 1. The molecule has 1 aromatic carbocycles. The van der Waals surface area contributed by atoms with Gasteiger partial charge in [0, 0.05) is 14.2 Å². The van der Waals surface area contributed by atoms with Gasteiger partial charge in [0.25, 0.3) is 0 Å². The van der Waals surface area contributed by atoms with Crippen LogP contribution in [0.4, 0.5) is 0 Å². The summed E-state index contributed by atoms with van der Waals surface area (Å²) in [5.74, 6) is -0.988. The third kappa shape index (κ3) is 7.31. The van der Waals surface area contributed by atoms with E-state index in [4.69, 9.17) is 13.9 Å². The van der Waals surface area contributed by atoms with Gasteiger partial charge in [-0.15, -0.1) is 0 Å². The molecule has 0 aliphatic carbocycles. The van der Waals surface area contributed by atoms with E-state index in [0.717, 1.165) is 19.3 Å². The minimum atomic E-state index is -1.90. The van der Waals surface area contributed by atoms with Crippen LogP contribution in [0.3, 0.4) is 0 Å². The minimum Gasteiger partial charge on any atom is -0.479 e. The summed E-state index contributed by atoms with van der Waals surface area (Å²) in [5.41, 5.74) is 1.20. The second kappa shape index (κ2) is 11.1. The fourth-order valence-electron chi connectivity index (χ4n) is 2.97. The van der Waals surface area contributed by atoms with Gasteiger partial charge < -0.3 is 19.0 Å². The molecule has 0 radical (unpaired) electrons. The van der Waals surface area contributed by atoms with Gasteiger partial charge in [-0.25, -0.2) is 4.79 Å². The predicted molar refractivity (Wildman–Crippen MR) is 115 cm³/mol. The average molecular weight is 411 g/mol. The zero-order valence-corrected chi connectivity index (χ0v) is 19.5. The average Bonchev–Trinajstić information content (AvgIpc) is 2.62. The molecule has 0 aromatic heterocycles. The number of aliphatic carboxylic acids is 1. The first kappa shape index (κ1) is 24.8. The van der Waals surface area contributed by atoms with E-state index in [1.54, 1.807) is 0 Å². The lowest BCUT2D eigenvalue weighted by molar-refractivity contribution is -0.157. The van der Waals surface area contributed by atoms with Crippen molar-refractivity contribution in [2.24, 2.45) is 0 Å². The van der Waals surface area contributed by atoms with Crippen molar-refractivity contribution in [1.82, 2.24) is 0 Å². The summed E-state index contributed by atoms with van der Waals surface area (Å²) in [6, 6.07) is 10.4. The van der Waals surface area contributed by atoms with Crippen molar-refractivity contribution in [3.63, 3.8) is 0 Å². The van der Waals surface area contributed by atoms with Gasteiger partial charge in [0.1, 0.15) is 0 Å². The molecule has 0 saturated heterocycles. The van der Waals surface area contributed by atoms with Crippen LogP contribution in [0.25, 0.3) is 0 Å². The Balaban J connectivity index is 2.74. The van der Waals surface area contributed by atoms with E-state index in [0.29, 0.717) is 6.42 Å². The number of ether oxygens (including phenoxy) is 2. The van der Waals surface area contributed by atoms with Crippen molar-refractivity contribution in [3.05, 3.63) is 35.9 Å². The largest absolute Gasteiger partial charge is 0.479 e. The van der Waals surface area contributed by atoms with Crippen molar-refractivity contribution < 1.29 is 23.8 Å². The molecule has 0 unspecified atom stereocenters. The number of methoxy groups -OCH3 is 2. The standard InChI is InChI=1S/C22H38O5Si/c1-22(2,3)28(6,7)27-18(17-13-9-8-10-14-17)15-11-12-16-19(25-4)20(26-5)21(23)24/h8-10,13-14,18-20H,11-12,15-16H2,1-7H3,(H,23,24)/t18-,19-,20-/m0/s1. The molecule has 1 N–H and O–H groups in total. The van der Waals surface area contributed by atoms with Crippen molar-refractivity contribution in [1.29, 1.82) is 0 Å². The predicted octanol–water partition coefficient (Wildman–Crippen LogP) is 5.42. The molecule has 6 heteroatoms. The molecule has 1 rings (SSSR count). The summed E-state index contributed by atoms with van der Waals surface area (Å²) < 4.78 is 17.1. The van der Waals surface area contributed by atoms with E-state index >= 15 is 0 Å². The summed E-state index contributed by atoms with van der Waals surface area (Å²) in [7, 11) is 1.04. The highest BCUT2D eigenvalue weighted by atomic mass is 28.4. The molecule has 160 valence electrons. The Morgan fingerprint density at radius 3 is 2.07 bits per heavy atom. The molecule has 3 atom stereocenters. The molecule has 28 heavy (non-hydrogen) atoms. The smallest absolute Gasteiger partial charge is 0.335 e. The van der Waals surface area contributed by atoms with E-state index in [9.17, 15) is 9.90 Å². The molecule has 0 saturated carbocycles. The van der Waals surface area contributed by atoms with Crippen molar-refractivity contribution in [3.8, 4) is 0 Å². The summed E-state index contributed by atoms with van der Waals surface area (Å²) >= 11 is 0. The maximum atomic E-state index is 11.3. The minimum absolute atomic E-state index is 0.0563. The molecule has 0 amide bonds. The highest BCUT2D eigenvalue weighted by Crippen LogP contribution is 2.41. The molecule has 0 aliphatic heterocycles. The lowest BCUT2D eigenvalue weighted by atomic mass is 10.0. The van der Waals surface area contributed by atoms with Gasteiger partial charge >= 0.3 is 5.97 Å². The number of hydrogen-bond donors (Lipinski definition) is 1. The molecule has 0 bridgehead atoms. The van der Waals surface area contributed by atoms with Crippen LogP contribution in [0.5, 0.6) is 0 Å². The van der Waals surface area contributed by atoms with Crippen molar-refractivity contribution in [2.75, 3.05) is 14.2 Å². The van der Waals surface area contributed by atoms with Gasteiger partial charge in [0.05, 0.1) is 12.2 Å². The van der Waals surface area contributed by atoms with Crippen LogP contribution >= 0.6 is 0 Å². The highest BCUT2D eigenvalue weighted by Gasteiger charge is 2.39. The van der Waals surface area contributed by atoms with Crippen molar-refractivity contribution >= 4 is 14.3 Å². The van der Waals surface area contributed by atoms with E-state index in [1.165, 1.54) is 19.8 Å². The first-order valence-corrected chi connectivity index (χ1v) is 13.0. The number of carbonyl (C=O) groups is 1. The van der Waals surface area contributed by atoms with Crippen LogP contribution in [0, 0.1) is 0 Å². The molecule has 1 aromatic rings. The molecule has 0 aliphatic rings. The van der Waals surface area contributed by atoms with E-state index < -0.39 is 26.5 Å². The van der Waals surface area contributed by atoms with Gasteiger partial charge in [-0.1, -0.05) is 63.9 Å². The molecular formula is C22H38O5Si. The monoisotopic (exact) mass is 410 g/mol. The third-order valence-corrected chi connectivity index (χ3v) is 10.2. The number of carboxylic acids is 1. The second-order valence-corrected chi connectivity index (χ2v) is 13.6. The summed E-state index contributed by atoms with van der Waals surface area (Å²) in [6.07, 6.45) is 2.01. The molecule has 0 heterocycles. The number of rotatable bonds is 12. The third-order valence-electron chi connectivity index (χ3n) is 5.76. The molecule has 5 nitrogen and oxygen atoms in total. The van der Waals surface area contributed by atoms with Crippen LogP contribution in [-0.4, -0.2) is 45.8 Å². The Bertz CT molecular complexity index is 582. The van der Waals surface area contributed by atoms with Gasteiger partial charge in [-0.05, 0) is 36.5 Å². The SMILES string of the molecule is CO[C@@H](CCCC[C@H](O[Si](C)(C)C(C)(C)C)c1ccccc1)[C@H](OC)C(=O)O. The number of carboxylic acid groups (broad SMARTS) is 1. The topological polar surface area (TPSA) is 65.0 Å². The van der Waals surface area contributed by atoms with E-state index in [-0.39, 0.29) is 11.1 Å². The number of hydrogen-bond acceptors (Lipinski definition) is 4. The van der Waals surface area contributed by atoms with Gasteiger partial charge in [0.2, 0.25) is 0 Å². The van der Waals surface area contributed by atoms with Crippen LogP contribution in [0.1, 0.15) is 58.1 Å². The summed E-state index contributed by atoms with van der Waals surface area (Å²) in [4.78, 5) is 11.3. The lowest BCUT2D eigenvalue weighted by Crippen LogP contribution is -2.41. The Morgan fingerprint density at radius 2 is 1.61 bits per heavy atom.